The van der Waals surface area contributed by atoms with Gasteiger partial charge < -0.3 is 9.47 Å². The molecule has 0 spiro atoms. The molecule has 0 amide bonds. The number of esters is 1. The molecule has 1 aromatic carbocycles. The molecule has 0 fully saturated rings. The van der Waals surface area contributed by atoms with E-state index >= 15 is 0 Å². The molecule has 2 aromatic rings. The zero-order chi connectivity index (χ0) is 21.8. The van der Waals surface area contributed by atoms with Crippen LogP contribution in [0.2, 0.25) is 0 Å². The molecule has 0 saturated carbocycles. The van der Waals surface area contributed by atoms with Gasteiger partial charge in [0.25, 0.3) is 0 Å². The molecule has 0 unspecified atom stereocenters. The van der Waals surface area contributed by atoms with E-state index in [1.165, 1.54) is 0 Å². The SMILES string of the molecule is CCOC(=O)/C(I)=C/c1c(CC=C(C)C)n(C(=O)OC(C)(C)C)c2ccccc12. The Morgan fingerprint density at radius 1 is 1.17 bits per heavy atom. The van der Waals surface area contributed by atoms with Crippen molar-refractivity contribution in [2.24, 2.45) is 0 Å². The maximum absolute atomic E-state index is 13.1. The van der Waals surface area contributed by atoms with Crippen LogP contribution >= 0.6 is 22.6 Å². The summed E-state index contributed by atoms with van der Waals surface area (Å²) in [7, 11) is 0. The van der Waals surface area contributed by atoms with Gasteiger partial charge in [0, 0.05) is 23.1 Å². The molecular formula is C23H28INO4. The van der Waals surface area contributed by atoms with Gasteiger partial charge in [-0.3, -0.25) is 0 Å². The minimum absolute atomic E-state index is 0.309. The predicted molar refractivity (Wildman–Crippen MR) is 125 cm³/mol. The Kier molecular flexibility index (Phi) is 7.68. The van der Waals surface area contributed by atoms with Crippen molar-refractivity contribution in [3.8, 4) is 0 Å². The molecule has 0 saturated heterocycles. The third-order valence-corrected chi connectivity index (χ3v) is 4.79. The van der Waals surface area contributed by atoms with E-state index < -0.39 is 11.7 Å². The van der Waals surface area contributed by atoms with Crippen LogP contribution in [-0.4, -0.2) is 28.8 Å². The monoisotopic (exact) mass is 509 g/mol. The molecule has 29 heavy (non-hydrogen) atoms. The molecule has 0 N–H and O–H groups in total. The van der Waals surface area contributed by atoms with Crippen molar-refractivity contribution in [3.63, 3.8) is 0 Å². The minimum atomic E-state index is -0.619. The van der Waals surface area contributed by atoms with Gasteiger partial charge in [-0.1, -0.05) is 29.8 Å². The molecule has 6 heteroatoms. The maximum Gasteiger partial charge on any atom is 0.419 e. The zero-order valence-electron chi connectivity index (χ0n) is 17.8. The van der Waals surface area contributed by atoms with Crippen LogP contribution in [0.5, 0.6) is 0 Å². The quantitative estimate of drug-likeness (QED) is 0.206. The lowest BCUT2D eigenvalue weighted by Gasteiger charge is -2.21. The first-order chi connectivity index (χ1) is 13.5. The summed E-state index contributed by atoms with van der Waals surface area (Å²) in [5, 5.41) is 0.883. The summed E-state index contributed by atoms with van der Waals surface area (Å²) in [6.45, 7) is 11.6. The molecule has 0 aliphatic carbocycles. The largest absolute Gasteiger partial charge is 0.462 e. The number of aromatic nitrogens is 1. The van der Waals surface area contributed by atoms with Crippen molar-refractivity contribution in [3.05, 3.63) is 50.8 Å². The molecule has 0 atom stereocenters. The Bertz CT molecular complexity index is 973. The first-order valence-electron chi connectivity index (χ1n) is 9.58. The smallest absolute Gasteiger partial charge is 0.419 e. The summed E-state index contributed by atoms with van der Waals surface area (Å²) < 4.78 is 12.9. The summed E-state index contributed by atoms with van der Waals surface area (Å²) in [5.41, 5.74) is 2.87. The average Bonchev–Trinajstić information content (AvgIpc) is 2.92. The molecule has 0 radical (unpaired) electrons. The van der Waals surface area contributed by atoms with Crippen LogP contribution in [0.15, 0.2) is 39.5 Å². The highest BCUT2D eigenvalue weighted by molar-refractivity contribution is 14.1. The minimum Gasteiger partial charge on any atom is -0.462 e. The molecule has 0 aliphatic heterocycles. The van der Waals surface area contributed by atoms with Crippen LogP contribution in [0.3, 0.4) is 0 Å². The number of nitrogens with zero attached hydrogens (tertiary/aromatic N) is 1. The van der Waals surface area contributed by atoms with Crippen molar-refractivity contribution >= 4 is 51.6 Å². The van der Waals surface area contributed by atoms with E-state index in [2.05, 4.69) is 6.08 Å². The molecule has 5 nitrogen and oxygen atoms in total. The van der Waals surface area contributed by atoms with Gasteiger partial charge in [0.1, 0.15) is 5.60 Å². The third kappa shape index (κ3) is 5.95. The van der Waals surface area contributed by atoms with Crippen molar-refractivity contribution in [2.75, 3.05) is 6.61 Å². The maximum atomic E-state index is 13.1. The number of fused-ring (bicyclic) bond motifs is 1. The molecule has 2 rings (SSSR count). The second-order valence-electron chi connectivity index (χ2n) is 7.89. The van der Waals surface area contributed by atoms with Gasteiger partial charge in [-0.15, -0.1) is 0 Å². The van der Waals surface area contributed by atoms with Gasteiger partial charge >= 0.3 is 12.1 Å². The normalized spacial score (nSPS) is 12.0. The standard InChI is InChI=1S/C23H28INO4/c1-7-28-21(26)18(24)14-17-16-10-8-9-11-19(16)25(20(17)13-12-15(2)3)22(27)29-23(4,5)6/h8-12,14H,7,13H2,1-6H3/b18-14-. The Hall–Kier alpha value is -2.09. The third-order valence-electron chi connectivity index (χ3n) is 4.04. The topological polar surface area (TPSA) is 57.5 Å². The number of ether oxygens (including phenoxy) is 2. The number of benzene rings is 1. The number of carbonyl (C=O) groups excluding carboxylic acids is 2. The van der Waals surface area contributed by atoms with Crippen LogP contribution in [0, 0.1) is 0 Å². The zero-order valence-corrected chi connectivity index (χ0v) is 20.0. The number of halogens is 1. The predicted octanol–water partition coefficient (Wildman–Crippen LogP) is 6.27. The van der Waals surface area contributed by atoms with Crippen molar-refractivity contribution < 1.29 is 19.1 Å². The fourth-order valence-electron chi connectivity index (χ4n) is 2.88. The van der Waals surface area contributed by atoms with E-state index in [1.807, 2.05) is 81.5 Å². The average molecular weight is 509 g/mol. The van der Waals surface area contributed by atoms with E-state index in [9.17, 15) is 9.59 Å². The lowest BCUT2D eigenvalue weighted by molar-refractivity contribution is -0.137. The molecule has 0 aliphatic rings. The van der Waals surface area contributed by atoms with E-state index in [0.29, 0.717) is 16.6 Å². The Labute approximate surface area is 185 Å². The summed E-state index contributed by atoms with van der Waals surface area (Å²) in [6.07, 6.45) is 3.95. The van der Waals surface area contributed by atoms with Gasteiger partial charge in [-0.05, 0) is 76.3 Å². The molecule has 1 aromatic heterocycles. The number of allylic oxidation sites excluding steroid dienone is 2. The summed E-state index contributed by atoms with van der Waals surface area (Å²) in [6, 6.07) is 7.64. The highest BCUT2D eigenvalue weighted by atomic mass is 127. The lowest BCUT2D eigenvalue weighted by Crippen LogP contribution is -2.28. The number of carbonyl (C=O) groups is 2. The van der Waals surface area contributed by atoms with E-state index in [1.54, 1.807) is 17.6 Å². The van der Waals surface area contributed by atoms with Gasteiger partial charge in [0.05, 0.1) is 15.7 Å². The van der Waals surface area contributed by atoms with Gasteiger partial charge in [0.2, 0.25) is 0 Å². The summed E-state index contributed by atoms with van der Waals surface area (Å²) in [4.78, 5) is 25.3. The highest BCUT2D eigenvalue weighted by Crippen LogP contribution is 2.31. The number of rotatable bonds is 5. The lowest BCUT2D eigenvalue weighted by atomic mass is 10.1. The number of hydrogen-bond donors (Lipinski definition) is 0. The molecular weight excluding hydrogens is 481 g/mol. The Balaban J connectivity index is 2.76. The summed E-state index contributed by atoms with van der Waals surface area (Å²) in [5.74, 6) is -0.379. The van der Waals surface area contributed by atoms with Gasteiger partial charge in [-0.25, -0.2) is 14.2 Å². The van der Waals surface area contributed by atoms with Gasteiger partial charge in [0.15, 0.2) is 0 Å². The second-order valence-corrected chi connectivity index (χ2v) is 9.05. The van der Waals surface area contributed by atoms with Crippen LogP contribution in [0.1, 0.15) is 52.8 Å². The fraction of sp³-hybridized carbons (Fsp3) is 0.391. The Morgan fingerprint density at radius 2 is 1.83 bits per heavy atom. The van der Waals surface area contributed by atoms with Crippen LogP contribution in [0.25, 0.3) is 17.0 Å². The Morgan fingerprint density at radius 3 is 2.41 bits per heavy atom. The molecule has 156 valence electrons. The van der Waals surface area contributed by atoms with E-state index in [4.69, 9.17) is 9.47 Å². The number of hydrogen-bond acceptors (Lipinski definition) is 4. The van der Waals surface area contributed by atoms with Crippen molar-refractivity contribution in [1.29, 1.82) is 0 Å². The first kappa shape index (κ1) is 23.2. The second kappa shape index (κ2) is 9.61. The van der Waals surface area contributed by atoms with Crippen LogP contribution in [0.4, 0.5) is 4.79 Å². The van der Waals surface area contributed by atoms with Crippen LogP contribution in [-0.2, 0) is 20.7 Å². The van der Waals surface area contributed by atoms with E-state index in [0.717, 1.165) is 27.7 Å². The fourth-order valence-corrected chi connectivity index (χ4v) is 3.35. The van der Waals surface area contributed by atoms with Crippen molar-refractivity contribution in [1.82, 2.24) is 4.57 Å². The molecule has 1 heterocycles. The van der Waals surface area contributed by atoms with Crippen LogP contribution < -0.4 is 0 Å². The van der Waals surface area contributed by atoms with Crippen molar-refractivity contribution in [2.45, 2.75) is 53.6 Å². The summed E-state index contributed by atoms with van der Waals surface area (Å²) >= 11 is 1.98. The molecule has 0 bridgehead atoms. The first-order valence-corrected chi connectivity index (χ1v) is 10.7. The van der Waals surface area contributed by atoms with Gasteiger partial charge in [-0.2, -0.15) is 0 Å². The highest BCUT2D eigenvalue weighted by Gasteiger charge is 2.25. The van der Waals surface area contributed by atoms with E-state index in [-0.39, 0.29) is 5.97 Å². The number of para-hydroxylation sites is 1.